The molecule has 0 saturated heterocycles. The van der Waals surface area contributed by atoms with E-state index in [-0.39, 0.29) is 12.6 Å². The van der Waals surface area contributed by atoms with Gasteiger partial charge in [-0.1, -0.05) is 20.7 Å². The highest BCUT2D eigenvalue weighted by molar-refractivity contribution is 6.72. The molecule has 1 amide bonds. The lowest BCUT2D eigenvalue weighted by atomic mass is 9.36. The first kappa shape index (κ1) is 14.0. The van der Waals surface area contributed by atoms with Gasteiger partial charge in [-0.3, -0.25) is 4.79 Å². The van der Waals surface area contributed by atoms with E-state index in [1.165, 1.54) is 0 Å². The number of likely N-dealkylation sites (N-methyl/N-ethyl adjacent to an activating group) is 1. The van der Waals surface area contributed by atoms with Gasteiger partial charge in [0.2, 0.25) is 5.91 Å². The maximum atomic E-state index is 11.8. The summed E-state index contributed by atoms with van der Waals surface area (Å²) in [5, 5.41) is 11.0. The molecule has 0 aliphatic heterocycles. The Morgan fingerprint density at radius 1 is 1.53 bits per heavy atom. The van der Waals surface area contributed by atoms with Crippen LogP contribution in [0.1, 0.15) is 13.8 Å². The van der Waals surface area contributed by atoms with Crippen LogP contribution >= 0.6 is 0 Å². The zero-order valence-electron chi connectivity index (χ0n) is 10.3. The number of nitriles is 1. The molecule has 0 heterocycles. The van der Waals surface area contributed by atoms with Crippen LogP contribution < -0.4 is 5.32 Å². The molecule has 0 radical (unpaired) electrons. The summed E-state index contributed by atoms with van der Waals surface area (Å²) in [5.41, 5.74) is 0. The van der Waals surface area contributed by atoms with Crippen LogP contribution in [-0.2, 0) is 4.79 Å². The highest BCUT2D eigenvalue weighted by Gasteiger charge is 2.36. The molecule has 84 valence electrons. The Bertz CT molecular complexity index is 258. The molecule has 15 heavy (non-hydrogen) atoms. The third kappa shape index (κ3) is 4.35. The van der Waals surface area contributed by atoms with Crippen molar-refractivity contribution in [3.05, 3.63) is 0 Å². The average molecular weight is 209 g/mol. The van der Waals surface area contributed by atoms with Crippen LogP contribution in [0.4, 0.5) is 0 Å². The fourth-order valence-corrected chi connectivity index (χ4v) is 0.979. The minimum absolute atomic E-state index is 0.0570. The standard InChI is InChI=1S/C10H20BN3O/c1-10(2,11(3)8-12)9(15)13-6-7-14(4)5/h6-7H2,1-5H3,(H,13,15). The van der Waals surface area contributed by atoms with Crippen molar-refractivity contribution in [1.82, 2.24) is 10.2 Å². The summed E-state index contributed by atoms with van der Waals surface area (Å²) in [6, 6.07) is 0. The van der Waals surface area contributed by atoms with Gasteiger partial charge in [0.05, 0.1) is 0 Å². The van der Waals surface area contributed by atoms with Crippen LogP contribution in [0.5, 0.6) is 0 Å². The smallest absolute Gasteiger partial charge is 0.279 e. The van der Waals surface area contributed by atoms with Crippen molar-refractivity contribution in [3.8, 4) is 5.97 Å². The summed E-state index contributed by atoms with van der Waals surface area (Å²) in [5.74, 6) is 2.06. The monoisotopic (exact) mass is 209 g/mol. The Hall–Kier alpha value is -1.02. The predicted octanol–water partition coefficient (Wildman–Crippen LogP) is 0.632. The predicted molar refractivity (Wildman–Crippen MR) is 62.8 cm³/mol. The summed E-state index contributed by atoms with van der Waals surface area (Å²) in [6.45, 7) is 6.51. The minimum atomic E-state index is -0.624. The lowest BCUT2D eigenvalue weighted by Gasteiger charge is -2.24. The second-order valence-electron chi connectivity index (χ2n) is 4.63. The van der Waals surface area contributed by atoms with E-state index in [2.05, 4.69) is 11.3 Å². The van der Waals surface area contributed by atoms with Gasteiger partial charge < -0.3 is 10.2 Å². The highest BCUT2D eigenvalue weighted by Crippen LogP contribution is 2.27. The lowest BCUT2D eigenvalue weighted by molar-refractivity contribution is -0.123. The summed E-state index contributed by atoms with van der Waals surface area (Å²) in [6.07, 6.45) is 0. The molecule has 0 fully saturated rings. The molecule has 0 spiro atoms. The summed E-state index contributed by atoms with van der Waals surface area (Å²) in [7, 11) is 3.91. The van der Waals surface area contributed by atoms with Crippen molar-refractivity contribution >= 4 is 12.6 Å². The van der Waals surface area contributed by atoms with E-state index in [4.69, 9.17) is 5.26 Å². The number of amides is 1. The van der Waals surface area contributed by atoms with E-state index in [0.29, 0.717) is 6.54 Å². The van der Waals surface area contributed by atoms with Crippen LogP contribution in [0.3, 0.4) is 0 Å². The van der Waals surface area contributed by atoms with Crippen molar-refractivity contribution < 1.29 is 4.79 Å². The number of carbonyl (C=O) groups is 1. The number of carbonyl (C=O) groups excluding carboxylic acids is 1. The van der Waals surface area contributed by atoms with E-state index in [1.807, 2.05) is 19.0 Å². The number of hydrogen-bond acceptors (Lipinski definition) is 3. The van der Waals surface area contributed by atoms with Crippen molar-refractivity contribution in [2.45, 2.75) is 26.0 Å². The Kier molecular flexibility index (Phi) is 5.38. The Morgan fingerprint density at radius 2 is 2.07 bits per heavy atom. The number of nitrogens with one attached hydrogen (secondary N) is 1. The van der Waals surface area contributed by atoms with Gasteiger partial charge >= 0.3 is 0 Å². The molecular formula is C10H20BN3O. The molecule has 0 aromatic heterocycles. The van der Waals surface area contributed by atoms with Gasteiger partial charge in [0, 0.05) is 24.4 Å². The molecule has 4 nitrogen and oxygen atoms in total. The fraction of sp³-hybridized carbons (Fsp3) is 0.800. The number of hydrogen-bond donors (Lipinski definition) is 1. The van der Waals surface area contributed by atoms with Crippen LogP contribution in [0, 0.1) is 11.2 Å². The topological polar surface area (TPSA) is 56.1 Å². The van der Waals surface area contributed by atoms with Gasteiger partial charge in [-0.25, -0.2) is 5.26 Å². The molecule has 5 heteroatoms. The SMILES string of the molecule is CB(C#N)C(C)(C)C(=O)NCCN(C)C. The largest absolute Gasteiger partial charge is 0.355 e. The zero-order valence-corrected chi connectivity index (χ0v) is 10.3. The van der Waals surface area contributed by atoms with Crippen LogP contribution in [-0.4, -0.2) is 44.7 Å². The molecule has 0 rings (SSSR count). The van der Waals surface area contributed by atoms with Crippen molar-refractivity contribution in [2.24, 2.45) is 0 Å². The van der Waals surface area contributed by atoms with Gasteiger partial charge in [0.1, 0.15) is 0 Å². The highest BCUT2D eigenvalue weighted by atomic mass is 16.2. The normalized spacial score (nSPS) is 11.0. The van der Waals surface area contributed by atoms with E-state index < -0.39 is 5.31 Å². The second kappa shape index (κ2) is 5.77. The second-order valence-corrected chi connectivity index (χ2v) is 4.63. The summed E-state index contributed by atoms with van der Waals surface area (Å²) >= 11 is 0. The molecule has 0 saturated carbocycles. The van der Waals surface area contributed by atoms with Gasteiger partial charge in [-0.2, -0.15) is 0 Å². The van der Waals surface area contributed by atoms with E-state index in [0.717, 1.165) is 6.54 Å². The molecule has 1 N–H and O–H groups in total. The van der Waals surface area contributed by atoms with Crippen molar-refractivity contribution in [2.75, 3.05) is 27.2 Å². The molecule has 0 aliphatic carbocycles. The van der Waals surface area contributed by atoms with E-state index in [9.17, 15) is 4.79 Å². The average Bonchev–Trinajstić information content (AvgIpc) is 2.15. The molecule has 0 atom stereocenters. The zero-order chi connectivity index (χ0) is 12.1. The van der Waals surface area contributed by atoms with E-state index in [1.54, 1.807) is 20.7 Å². The maximum Gasteiger partial charge on any atom is 0.279 e. The Morgan fingerprint density at radius 3 is 2.47 bits per heavy atom. The third-order valence-electron chi connectivity index (χ3n) is 2.71. The van der Waals surface area contributed by atoms with Gasteiger partial charge in [-0.05, 0) is 14.1 Å². The Labute approximate surface area is 92.7 Å². The molecule has 0 bridgehead atoms. The lowest BCUT2D eigenvalue weighted by Crippen LogP contribution is -2.42. The first-order valence-electron chi connectivity index (χ1n) is 5.15. The van der Waals surface area contributed by atoms with Crippen LogP contribution in [0.25, 0.3) is 0 Å². The van der Waals surface area contributed by atoms with Gasteiger partial charge in [-0.15, -0.1) is 0 Å². The van der Waals surface area contributed by atoms with Crippen LogP contribution in [0.15, 0.2) is 0 Å². The minimum Gasteiger partial charge on any atom is -0.355 e. The van der Waals surface area contributed by atoms with Crippen molar-refractivity contribution in [3.63, 3.8) is 0 Å². The fourth-order valence-electron chi connectivity index (χ4n) is 0.979. The molecular weight excluding hydrogens is 189 g/mol. The Balaban J connectivity index is 4.15. The summed E-state index contributed by atoms with van der Waals surface area (Å²) in [4.78, 5) is 13.8. The third-order valence-corrected chi connectivity index (χ3v) is 2.71. The molecule has 0 aliphatic rings. The summed E-state index contributed by atoms with van der Waals surface area (Å²) < 4.78 is 0. The van der Waals surface area contributed by atoms with Crippen molar-refractivity contribution in [1.29, 1.82) is 5.26 Å². The molecule has 0 aromatic rings. The van der Waals surface area contributed by atoms with Crippen LogP contribution in [0.2, 0.25) is 12.1 Å². The first-order valence-corrected chi connectivity index (χ1v) is 5.15. The molecule has 0 unspecified atom stereocenters. The first-order chi connectivity index (χ1) is 6.82. The van der Waals surface area contributed by atoms with Gasteiger partial charge in [0.15, 0.2) is 0 Å². The molecule has 0 aromatic carbocycles. The quantitative estimate of drug-likeness (QED) is 0.675. The van der Waals surface area contributed by atoms with Gasteiger partial charge in [0.25, 0.3) is 6.71 Å². The van der Waals surface area contributed by atoms with E-state index >= 15 is 0 Å². The number of rotatable bonds is 5. The number of nitrogens with zero attached hydrogens (tertiary/aromatic N) is 2. The maximum absolute atomic E-state index is 11.8.